The molecular formula is C16H27N3O. The largest absolute Gasteiger partial charge is 0.496 e. The van der Waals surface area contributed by atoms with Crippen molar-refractivity contribution in [3.8, 4) is 5.75 Å². The number of ether oxygens (including phenoxy) is 1. The van der Waals surface area contributed by atoms with E-state index >= 15 is 0 Å². The molecular weight excluding hydrogens is 250 g/mol. The summed E-state index contributed by atoms with van der Waals surface area (Å²) < 4.78 is 5.44. The number of aryl methyl sites for hydroxylation is 1. The van der Waals surface area contributed by atoms with Crippen molar-refractivity contribution in [1.82, 2.24) is 15.2 Å². The molecule has 0 aromatic carbocycles. The maximum absolute atomic E-state index is 5.44. The van der Waals surface area contributed by atoms with Crippen LogP contribution >= 0.6 is 0 Å². The lowest BCUT2D eigenvalue weighted by atomic mass is 10.1. The van der Waals surface area contributed by atoms with Gasteiger partial charge in [0.15, 0.2) is 0 Å². The van der Waals surface area contributed by atoms with E-state index in [0.717, 1.165) is 54.8 Å². The Hall–Kier alpha value is -1.13. The Morgan fingerprint density at radius 2 is 2.15 bits per heavy atom. The summed E-state index contributed by atoms with van der Waals surface area (Å²) in [5.41, 5.74) is 3.33. The fourth-order valence-electron chi connectivity index (χ4n) is 2.72. The summed E-state index contributed by atoms with van der Waals surface area (Å²) >= 11 is 0. The monoisotopic (exact) mass is 277 g/mol. The number of hydrogen-bond acceptors (Lipinski definition) is 4. The van der Waals surface area contributed by atoms with E-state index in [1.807, 2.05) is 13.1 Å². The SMILES string of the molecule is CCN(CCNCc1ncc(C)c(OC)c1C)C1CC1. The van der Waals surface area contributed by atoms with Gasteiger partial charge >= 0.3 is 0 Å². The number of aromatic nitrogens is 1. The normalized spacial score (nSPS) is 14.8. The second-order valence-corrected chi connectivity index (χ2v) is 5.58. The molecule has 1 aromatic heterocycles. The first-order valence-corrected chi connectivity index (χ1v) is 7.61. The number of nitrogens with one attached hydrogen (secondary N) is 1. The Kier molecular flexibility index (Phi) is 5.38. The van der Waals surface area contributed by atoms with Crippen LogP contribution in [0.15, 0.2) is 6.20 Å². The molecule has 0 aliphatic heterocycles. The van der Waals surface area contributed by atoms with Crippen LogP contribution in [0.1, 0.15) is 36.6 Å². The molecule has 112 valence electrons. The Bertz CT molecular complexity index is 444. The molecule has 2 rings (SSSR count). The Labute approximate surface area is 122 Å². The van der Waals surface area contributed by atoms with Gasteiger partial charge < -0.3 is 10.1 Å². The van der Waals surface area contributed by atoms with Crippen LogP contribution in [0.4, 0.5) is 0 Å². The van der Waals surface area contributed by atoms with Crippen LogP contribution in [0.5, 0.6) is 5.75 Å². The minimum atomic E-state index is 0.810. The van der Waals surface area contributed by atoms with E-state index in [1.54, 1.807) is 7.11 Å². The third kappa shape index (κ3) is 3.70. The Balaban J connectivity index is 1.82. The van der Waals surface area contributed by atoms with E-state index in [2.05, 4.69) is 29.0 Å². The van der Waals surface area contributed by atoms with Crippen molar-refractivity contribution >= 4 is 0 Å². The summed E-state index contributed by atoms with van der Waals surface area (Å²) in [6, 6.07) is 0.848. The molecule has 1 N–H and O–H groups in total. The number of rotatable bonds is 8. The zero-order valence-electron chi connectivity index (χ0n) is 13.2. The second kappa shape index (κ2) is 7.04. The average Bonchev–Trinajstić information content (AvgIpc) is 3.26. The van der Waals surface area contributed by atoms with E-state index in [1.165, 1.54) is 12.8 Å². The first-order valence-electron chi connectivity index (χ1n) is 7.61. The molecule has 0 atom stereocenters. The lowest BCUT2D eigenvalue weighted by Gasteiger charge is -2.20. The van der Waals surface area contributed by atoms with Gasteiger partial charge in [0.2, 0.25) is 0 Å². The van der Waals surface area contributed by atoms with Gasteiger partial charge in [-0.05, 0) is 33.2 Å². The van der Waals surface area contributed by atoms with Crippen molar-refractivity contribution in [2.24, 2.45) is 0 Å². The fourth-order valence-corrected chi connectivity index (χ4v) is 2.72. The summed E-state index contributed by atoms with van der Waals surface area (Å²) in [6.07, 6.45) is 4.65. The van der Waals surface area contributed by atoms with Gasteiger partial charge in [0.25, 0.3) is 0 Å². The van der Waals surface area contributed by atoms with Crippen molar-refractivity contribution < 1.29 is 4.74 Å². The molecule has 0 amide bonds. The smallest absolute Gasteiger partial charge is 0.128 e. The van der Waals surface area contributed by atoms with Crippen molar-refractivity contribution in [1.29, 1.82) is 0 Å². The third-order valence-electron chi connectivity index (χ3n) is 4.09. The second-order valence-electron chi connectivity index (χ2n) is 5.58. The van der Waals surface area contributed by atoms with Crippen LogP contribution < -0.4 is 10.1 Å². The van der Waals surface area contributed by atoms with Gasteiger partial charge in [-0.25, -0.2) is 0 Å². The van der Waals surface area contributed by atoms with Gasteiger partial charge in [-0.2, -0.15) is 0 Å². The molecule has 20 heavy (non-hydrogen) atoms. The van der Waals surface area contributed by atoms with Crippen molar-refractivity contribution in [3.63, 3.8) is 0 Å². The molecule has 1 aliphatic rings. The molecule has 1 fully saturated rings. The summed E-state index contributed by atoms with van der Waals surface area (Å²) in [5.74, 6) is 0.963. The van der Waals surface area contributed by atoms with E-state index in [0.29, 0.717) is 0 Å². The Morgan fingerprint density at radius 1 is 1.40 bits per heavy atom. The van der Waals surface area contributed by atoms with E-state index in [4.69, 9.17) is 4.74 Å². The first kappa shape index (κ1) is 15.3. The number of nitrogens with zero attached hydrogens (tertiary/aromatic N) is 2. The van der Waals surface area contributed by atoms with Crippen LogP contribution in [0.3, 0.4) is 0 Å². The summed E-state index contributed by atoms with van der Waals surface area (Å²) in [5, 5.41) is 3.50. The zero-order chi connectivity index (χ0) is 14.5. The highest BCUT2D eigenvalue weighted by Crippen LogP contribution is 2.26. The molecule has 1 heterocycles. The van der Waals surface area contributed by atoms with Gasteiger partial charge in [-0.3, -0.25) is 9.88 Å². The lowest BCUT2D eigenvalue weighted by molar-refractivity contribution is 0.276. The molecule has 4 heteroatoms. The van der Waals surface area contributed by atoms with Gasteiger partial charge in [0, 0.05) is 43.0 Å². The summed E-state index contributed by atoms with van der Waals surface area (Å²) in [4.78, 5) is 7.07. The first-order chi connectivity index (χ1) is 9.67. The molecule has 0 saturated heterocycles. The van der Waals surface area contributed by atoms with Crippen LogP contribution in [0.2, 0.25) is 0 Å². The molecule has 1 saturated carbocycles. The Morgan fingerprint density at radius 3 is 2.75 bits per heavy atom. The highest BCUT2D eigenvalue weighted by molar-refractivity contribution is 5.40. The highest BCUT2D eigenvalue weighted by atomic mass is 16.5. The van der Waals surface area contributed by atoms with E-state index < -0.39 is 0 Å². The standard InChI is InChI=1S/C16H27N3O/c1-5-19(14-6-7-14)9-8-17-11-15-13(3)16(20-4)12(2)10-18-15/h10,14,17H,5-9,11H2,1-4H3. The number of likely N-dealkylation sites (N-methyl/N-ethyl adjacent to an activating group) is 1. The topological polar surface area (TPSA) is 37.4 Å². The minimum Gasteiger partial charge on any atom is -0.496 e. The molecule has 0 bridgehead atoms. The number of pyridine rings is 1. The predicted molar refractivity (Wildman–Crippen MR) is 82.2 cm³/mol. The van der Waals surface area contributed by atoms with Crippen molar-refractivity contribution in [2.45, 2.75) is 46.2 Å². The predicted octanol–water partition coefficient (Wildman–Crippen LogP) is 2.28. The molecule has 0 radical (unpaired) electrons. The van der Waals surface area contributed by atoms with Crippen LogP contribution in [0, 0.1) is 13.8 Å². The van der Waals surface area contributed by atoms with Crippen molar-refractivity contribution in [2.75, 3.05) is 26.7 Å². The van der Waals surface area contributed by atoms with E-state index in [9.17, 15) is 0 Å². The molecule has 4 nitrogen and oxygen atoms in total. The summed E-state index contributed by atoms with van der Waals surface area (Å²) in [7, 11) is 1.72. The lowest BCUT2D eigenvalue weighted by Crippen LogP contribution is -2.33. The van der Waals surface area contributed by atoms with Gasteiger partial charge in [-0.1, -0.05) is 6.92 Å². The van der Waals surface area contributed by atoms with Crippen LogP contribution in [-0.2, 0) is 6.54 Å². The van der Waals surface area contributed by atoms with Crippen LogP contribution in [-0.4, -0.2) is 42.7 Å². The number of methoxy groups -OCH3 is 1. The molecule has 1 aromatic rings. The van der Waals surface area contributed by atoms with Crippen LogP contribution in [0.25, 0.3) is 0 Å². The highest BCUT2D eigenvalue weighted by Gasteiger charge is 2.26. The molecule has 0 unspecified atom stereocenters. The number of hydrogen-bond donors (Lipinski definition) is 1. The zero-order valence-corrected chi connectivity index (χ0v) is 13.2. The average molecular weight is 277 g/mol. The molecule has 0 spiro atoms. The fraction of sp³-hybridized carbons (Fsp3) is 0.688. The summed E-state index contributed by atoms with van der Waals surface area (Å²) in [6.45, 7) is 10.5. The van der Waals surface area contributed by atoms with Gasteiger partial charge in [0.05, 0.1) is 12.8 Å². The third-order valence-corrected chi connectivity index (χ3v) is 4.09. The van der Waals surface area contributed by atoms with Crippen molar-refractivity contribution in [3.05, 3.63) is 23.0 Å². The van der Waals surface area contributed by atoms with Gasteiger partial charge in [0.1, 0.15) is 5.75 Å². The maximum Gasteiger partial charge on any atom is 0.128 e. The van der Waals surface area contributed by atoms with E-state index in [-0.39, 0.29) is 0 Å². The minimum absolute atomic E-state index is 0.810. The maximum atomic E-state index is 5.44. The quantitative estimate of drug-likeness (QED) is 0.740. The van der Waals surface area contributed by atoms with Gasteiger partial charge in [-0.15, -0.1) is 0 Å². The molecule has 1 aliphatic carbocycles.